The van der Waals surface area contributed by atoms with Crippen molar-refractivity contribution < 1.29 is 4.79 Å². The number of hydrogen-bond donors (Lipinski definition) is 1. The lowest BCUT2D eigenvalue weighted by Crippen LogP contribution is -2.39. The molecule has 0 aliphatic carbocycles. The quantitative estimate of drug-likeness (QED) is 0.879. The summed E-state index contributed by atoms with van der Waals surface area (Å²) in [7, 11) is 3.86. The van der Waals surface area contributed by atoms with Gasteiger partial charge in [0.1, 0.15) is 10.7 Å². The third kappa shape index (κ3) is 4.34. The van der Waals surface area contributed by atoms with Crippen LogP contribution in [0.25, 0.3) is 10.6 Å². The summed E-state index contributed by atoms with van der Waals surface area (Å²) >= 11 is 1.50. The summed E-state index contributed by atoms with van der Waals surface area (Å²) in [5, 5.41) is 10.1. The van der Waals surface area contributed by atoms with Crippen molar-refractivity contribution in [2.75, 3.05) is 26.7 Å². The van der Waals surface area contributed by atoms with E-state index in [2.05, 4.69) is 15.4 Å². The maximum atomic E-state index is 12.6. The van der Waals surface area contributed by atoms with E-state index < -0.39 is 0 Å². The van der Waals surface area contributed by atoms with Gasteiger partial charge in [-0.05, 0) is 38.8 Å². The van der Waals surface area contributed by atoms with Crippen LogP contribution in [0.1, 0.15) is 29.8 Å². The summed E-state index contributed by atoms with van der Waals surface area (Å²) in [5.41, 5.74) is 1.52. The Balaban J connectivity index is 0.00000208. The van der Waals surface area contributed by atoms with Crippen LogP contribution >= 0.6 is 23.7 Å². The molecule has 3 rings (SSSR count). The first-order valence-electron chi connectivity index (χ1n) is 8.06. The van der Waals surface area contributed by atoms with Gasteiger partial charge in [0.05, 0.1) is 6.20 Å². The van der Waals surface area contributed by atoms with E-state index in [4.69, 9.17) is 0 Å². The second-order valence-electron chi connectivity index (χ2n) is 6.07. The zero-order valence-electron chi connectivity index (χ0n) is 14.1. The molecule has 2 aromatic rings. The van der Waals surface area contributed by atoms with Crippen LogP contribution in [0.4, 0.5) is 0 Å². The summed E-state index contributed by atoms with van der Waals surface area (Å²) < 4.78 is 1.74. The molecule has 1 aliphatic rings. The molecule has 24 heavy (non-hydrogen) atoms. The van der Waals surface area contributed by atoms with Crippen LogP contribution in [-0.4, -0.2) is 52.3 Å². The Morgan fingerprint density at radius 1 is 1.42 bits per heavy atom. The molecule has 0 bridgehead atoms. The number of piperidine rings is 1. The van der Waals surface area contributed by atoms with Crippen LogP contribution in [0.5, 0.6) is 0 Å². The molecule has 1 aliphatic heterocycles. The van der Waals surface area contributed by atoms with E-state index in [1.54, 1.807) is 10.9 Å². The molecule has 0 saturated carbocycles. The fourth-order valence-electron chi connectivity index (χ4n) is 2.97. The first-order valence-corrected chi connectivity index (χ1v) is 8.93. The average Bonchev–Trinajstić information content (AvgIpc) is 3.21. The van der Waals surface area contributed by atoms with Crippen molar-refractivity contribution in [3.05, 3.63) is 23.5 Å². The number of nitrogens with zero attached hydrogens (tertiary/aromatic N) is 4. The first kappa shape index (κ1) is 18.9. The van der Waals surface area contributed by atoms with E-state index in [0.29, 0.717) is 5.69 Å². The molecular weight excluding hydrogens is 346 g/mol. The maximum absolute atomic E-state index is 12.6. The van der Waals surface area contributed by atoms with Crippen molar-refractivity contribution in [1.82, 2.24) is 25.0 Å². The molecule has 1 N–H and O–H groups in total. The Labute approximate surface area is 152 Å². The molecule has 0 radical (unpaired) electrons. The van der Waals surface area contributed by atoms with E-state index in [9.17, 15) is 4.79 Å². The SMILES string of the molecule is CNCCC1CCN(C(=O)c2csc(-c3cnn(C)c3)n2)CC1.Cl. The fourth-order valence-corrected chi connectivity index (χ4v) is 3.74. The van der Waals surface area contributed by atoms with Crippen LogP contribution in [0.15, 0.2) is 17.8 Å². The van der Waals surface area contributed by atoms with Crippen molar-refractivity contribution in [1.29, 1.82) is 0 Å². The van der Waals surface area contributed by atoms with Gasteiger partial charge in [0.15, 0.2) is 0 Å². The minimum Gasteiger partial charge on any atom is -0.337 e. The van der Waals surface area contributed by atoms with E-state index in [1.807, 2.05) is 30.6 Å². The lowest BCUT2D eigenvalue weighted by Gasteiger charge is -2.31. The number of aryl methyl sites for hydroxylation is 1. The lowest BCUT2D eigenvalue weighted by molar-refractivity contribution is 0.0682. The average molecular weight is 370 g/mol. The van der Waals surface area contributed by atoms with Gasteiger partial charge < -0.3 is 10.2 Å². The Hall–Kier alpha value is -1.44. The molecule has 1 fully saturated rings. The number of carbonyl (C=O) groups is 1. The molecule has 0 spiro atoms. The van der Waals surface area contributed by atoms with Crippen LogP contribution in [0, 0.1) is 5.92 Å². The van der Waals surface area contributed by atoms with Gasteiger partial charge in [0.2, 0.25) is 0 Å². The topological polar surface area (TPSA) is 63.1 Å². The van der Waals surface area contributed by atoms with Crippen molar-refractivity contribution in [3.63, 3.8) is 0 Å². The normalized spacial score (nSPS) is 15.3. The van der Waals surface area contributed by atoms with E-state index in [0.717, 1.165) is 49.0 Å². The number of amides is 1. The second-order valence-corrected chi connectivity index (χ2v) is 6.93. The van der Waals surface area contributed by atoms with Crippen molar-refractivity contribution in [2.24, 2.45) is 13.0 Å². The molecule has 132 valence electrons. The number of aromatic nitrogens is 3. The third-order valence-electron chi connectivity index (χ3n) is 4.38. The molecule has 1 amide bonds. The monoisotopic (exact) mass is 369 g/mol. The molecule has 0 unspecified atom stereocenters. The number of hydrogen-bond acceptors (Lipinski definition) is 5. The Morgan fingerprint density at radius 3 is 2.79 bits per heavy atom. The van der Waals surface area contributed by atoms with E-state index in [-0.39, 0.29) is 18.3 Å². The molecule has 0 atom stereocenters. The highest BCUT2D eigenvalue weighted by molar-refractivity contribution is 7.13. The third-order valence-corrected chi connectivity index (χ3v) is 5.27. The maximum Gasteiger partial charge on any atom is 0.273 e. The highest BCUT2D eigenvalue weighted by atomic mass is 35.5. The Kier molecular flexibility index (Phi) is 6.77. The van der Waals surface area contributed by atoms with Gasteiger partial charge >= 0.3 is 0 Å². The summed E-state index contributed by atoms with van der Waals surface area (Å²) in [6, 6.07) is 0. The standard InChI is InChI=1S/C16H23N5OS.ClH/c1-17-6-3-12-4-7-21(8-5-12)16(22)14-11-23-15(19-14)13-9-18-20(2)10-13;/h9-12,17H,3-8H2,1-2H3;1H. The minimum atomic E-state index is 0. The van der Waals surface area contributed by atoms with Gasteiger partial charge in [0.25, 0.3) is 5.91 Å². The van der Waals surface area contributed by atoms with Crippen molar-refractivity contribution in [2.45, 2.75) is 19.3 Å². The molecule has 1 saturated heterocycles. The van der Waals surface area contributed by atoms with Gasteiger partial charge in [-0.1, -0.05) is 0 Å². The summed E-state index contributed by atoms with van der Waals surface area (Å²) in [6.07, 6.45) is 7.07. The zero-order valence-corrected chi connectivity index (χ0v) is 15.7. The molecule has 6 nitrogen and oxygen atoms in total. The largest absolute Gasteiger partial charge is 0.337 e. The molecule has 3 heterocycles. The van der Waals surface area contributed by atoms with Gasteiger partial charge in [-0.3, -0.25) is 9.48 Å². The van der Waals surface area contributed by atoms with E-state index in [1.165, 1.54) is 17.8 Å². The van der Waals surface area contributed by atoms with Gasteiger partial charge in [-0.15, -0.1) is 23.7 Å². The van der Waals surface area contributed by atoms with Crippen LogP contribution in [-0.2, 0) is 7.05 Å². The van der Waals surface area contributed by atoms with Crippen LogP contribution < -0.4 is 5.32 Å². The van der Waals surface area contributed by atoms with Crippen LogP contribution in [0.2, 0.25) is 0 Å². The van der Waals surface area contributed by atoms with Crippen molar-refractivity contribution >= 4 is 29.7 Å². The predicted octanol–water partition coefficient (Wildman–Crippen LogP) is 2.43. The minimum absolute atomic E-state index is 0. The van der Waals surface area contributed by atoms with Crippen LogP contribution in [0.3, 0.4) is 0 Å². The smallest absolute Gasteiger partial charge is 0.273 e. The first-order chi connectivity index (χ1) is 11.2. The highest BCUT2D eigenvalue weighted by Gasteiger charge is 2.25. The Morgan fingerprint density at radius 2 is 2.17 bits per heavy atom. The zero-order chi connectivity index (χ0) is 16.2. The predicted molar refractivity (Wildman–Crippen MR) is 98.7 cm³/mol. The number of carbonyl (C=O) groups excluding carboxylic acids is 1. The molecule has 8 heteroatoms. The summed E-state index contributed by atoms with van der Waals surface area (Å²) in [5.74, 6) is 0.788. The molecule has 2 aromatic heterocycles. The summed E-state index contributed by atoms with van der Waals surface area (Å²) in [4.78, 5) is 19.1. The second kappa shape index (κ2) is 8.60. The number of rotatable bonds is 5. The lowest BCUT2D eigenvalue weighted by atomic mass is 9.93. The highest BCUT2D eigenvalue weighted by Crippen LogP contribution is 2.25. The van der Waals surface area contributed by atoms with Gasteiger partial charge in [0, 0.05) is 37.3 Å². The molecule has 0 aromatic carbocycles. The number of nitrogens with one attached hydrogen (secondary N) is 1. The van der Waals surface area contributed by atoms with E-state index >= 15 is 0 Å². The van der Waals surface area contributed by atoms with Gasteiger partial charge in [-0.25, -0.2) is 4.98 Å². The summed E-state index contributed by atoms with van der Waals surface area (Å²) in [6.45, 7) is 2.74. The number of thiazole rings is 1. The number of likely N-dealkylation sites (tertiary alicyclic amines) is 1. The Bertz CT molecular complexity index is 663. The van der Waals surface area contributed by atoms with Gasteiger partial charge in [-0.2, -0.15) is 5.10 Å². The number of halogens is 1. The fraction of sp³-hybridized carbons (Fsp3) is 0.562. The van der Waals surface area contributed by atoms with Crippen molar-refractivity contribution in [3.8, 4) is 10.6 Å². The molecular formula is C16H24ClN5OS.